The van der Waals surface area contributed by atoms with E-state index in [1.165, 1.54) is 16.8 Å². The van der Waals surface area contributed by atoms with Crippen molar-refractivity contribution in [1.82, 2.24) is 19.7 Å². The van der Waals surface area contributed by atoms with Crippen LogP contribution in [0.2, 0.25) is 5.02 Å². The number of benzene rings is 1. The van der Waals surface area contributed by atoms with E-state index in [2.05, 4.69) is 12.0 Å². The standard InChI is InChI=1S/C21H23ClN4O2S/c1-2-3-10-26-19(27)7-5-16(24-26)21(28)25-11-8-14(9-12-25)20-23-17-13-15(22)4-6-18(17)29-20/h4-7,13-14H,2-3,8-12H2,1H3. The Kier molecular flexibility index (Phi) is 5.96. The molecule has 1 amide bonds. The minimum atomic E-state index is -0.162. The molecule has 0 bridgehead atoms. The summed E-state index contributed by atoms with van der Waals surface area (Å²) in [6.45, 7) is 3.93. The van der Waals surface area contributed by atoms with Crippen molar-refractivity contribution in [2.24, 2.45) is 0 Å². The van der Waals surface area contributed by atoms with Crippen molar-refractivity contribution in [3.8, 4) is 0 Å². The molecule has 0 spiro atoms. The molecular weight excluding hydrogens is 408 g/mol. The maximum absolute atomic E-state index is 12.9. The molecule has 0 saturated carbocycles. The molecule has 0 radical (unpaired) electrons. The van der Waals surface area contributed by atoms with Gasteiger partial charge in [-0.15, -0.1) is 11.3 Å². The highest BCUT2D eigenvalue weighted by Gasteiger charge is 2.27. The predicted molar refractivity (Wildman–Crippen MR) is 116 cm³/mol. The third-order valence-electron chi connectivity index (χ3n) is 5.31. The molecule has 1 saturated heterocycles. The number of hydrogen-bond donors (Lipinski definition) is 0. The quantitative estimate of drug-likeness (QED) is 0.604. The minimum Gasteiger partial charge on any atom is -0.337 e. The minimum absolute atomic E-state index is 0.107. The first-order valence-corrected chi connectivity index (χ1v) is 11.2. The fourth-order valence-corrected chi connectivity index (χ4v) is 4.90. The first kappa shape index (κ1) is 20.0. The number of nitrogens with zero attached hydrogens (tertiary/aromatic N) is 4. The van der Waals surface area contributed by atoms with Crippen molar-refractivity contribution in [3.05, 3.63) is 56.4 Å². The molecule has 0 atom stereocenters. The van der Waals surface area contributed by atoms with Crippen molar-refractivity contribution in [2.45, 2.75) is 45.1 Å². The molecular formula is C21H23ClN4O2S. The Morgan fingerprint density at radius 3 is 2.79 bits per heavy atom. The zero-order valence-electron chi connectivity index (χ0n) is 16.3. The van der Waals surface area contributed by atoms with E-state index in [-0.39, 0.29) is 11.5 Å². The summed E-state index contributed by atoms with van der Waals surface area (Å²) in [6, 6.07) is 8.77. The lowest BCUT2D eigenvalue weighted by molar-refractivity contribution is 0.0704. The monoisotopic (exact) mass is 430 g/mol. The second-order valence-electron chi connectivity index (χ2n) is 7.36. The van der Waals surface area contributed by atoms with Crippen LogP contribution in [0.3, 0.4) is 0 Å². The van der Waals surface area contributed by atoms with Gasteiger partial charge in [-0.05, 0) is 43.5 Å². The second-order valence-corrected chi connectivity index (χ2v) is 8.86. The Balaban J connectivity index is 1.43. The van der Waals surface area contributed by atoms with Gasteiger partial charge in [0.05, 0.1) is 15.2 Å². The fraction of sp³-hybridized carbons (Fsp3) is 0.429. The highest BCUT2D eigenvalue weighted by Crippen LogP contribution is 2.34. The van der Waals surface area contributed by atoms with E-state index in [0.29, 0.717) is 36.3 Å². The Morgan fingerprint density at radius 2 is 2.03 bits per heavy atom. The number of halogens is 1. The molecule has 4 rings (SSSR count). The molecule has 8 heteroatoms. The summed E-state index contributed by atoms with van der Waals surface area (Å²) in [5.41, 5.74) is 1.12. The van der Waals surface area contributed by atoms with Gasteiger partial charge >= 0.3 is 0 Å². The third-order valence-corrected chi connectivity index (χ3v) is 6.74. The van der Waals surface area contributed by atoms with Crippen molar-refractivity contribution in [3.63, 3.8) is 0 Å². The molecule has 6 nitrogen and oxygen atoms in total. The molecule has 1 aromatic carbocycles. The van der Waals surface area contributed by atoms with Gasteiger partial charge in [-0.3, -0.25) is 9.59 Å². The fourth-order valence-electron chi connectivity index (χ4n) is 3.62. The zero-order valence-corrected chi connectivity index (χ0v) is 17.9. The van der Waals surface area contributed by atoms with Gasteiger partial charge in [0.15, 0.2) is 0 Å². The Hall–Kier alpha value is -2.25. The van der Waals surface area contributed by atoms with Crippen LogP contribution in [-0.2, 0) is 6.54 Å². The number of likely N-dealkylation sites (tertiary alicyclic amines) is 1. The lowest BCUT2D eigenvalue weighted by atomic mass is 9.97. The SMILES string of the molecule is CCCCn1nc(C(=O)N2CCC(c3nc4cc(Cl)ccc4s3)CC2)ccc1=O. The molecule has 0 unspecified atom stereocenters. The number of amides is 1. The summed E-state index contributed by atoms with van der Waals surface area (Å²) in [5, 5.41) is 6.10. The van der Waals surface area contributed by atoms with Crippen LogP contribution < -0.4 is 5.56 Å². The number of unbranched alkanes of at least 4 members (excludes halogenated alkanes) is 1. The molecule has 1 aliphatic heterocycles. The van der Waals surface area contributed by atoms with Gasteiger partial charge in [-0.2, -0.15) is 5.10 Å². The number of aryl methyl sites for hydroxylation is 1. The van der Waals surface area contributed by atoms with Crippen LogP contribution in [0.25, 0.3) is 10.2 Å². The number of piperidine rings is 1. The third kappa shape index (κ3) is 4.36. The van der Waals surface area contributed by atoms with Crippen LogP contribution in [-0.4, -0.2) is 38.7 Å². The summed E-state index contributed by atoms with van der Waals surface area (Å²) in [4.78, 5) is 31.4. The molecule has 3 aromatic rings. The summed E-state index contributed by atoms with van der Waals surface area (Å²) < 4.78 is 2.54. The number of carbonyl (C=O) groups is 1. The lowest BCUT2D eigenvalue weighted by Gasteiger charge is -2.30. The molecule has 29 heavy (non-hydrogen) atoms. The van der Waals surface area contributed by atoms with Gasteiger partial charge in [-0.1, -0.05) is 24.9 Å². The highest BCUT2D eigenvalue weighted by molar-refractivity contribution is 7.18. The number of rotatable bonds is 5. The number of hydrogen-bond acceptors (Lipinski definition) is 5. The normalized spacial score (nSPS) is 15.2. The van der Waals surface area contributed by atoms with Crippen LogP contribution >= 0.6 is 22.9 Å². The van der Waals surface area contributed by atoms with Crippen molar-refractivity contribution < 1.29 is 4.79 Å². The van der Waals surface area contributed by atoms with Gasteiger partial charge < -0.3 is 4.90 Å². The first-order chi connectivity index (χ1) is 14.0. The predicted octanol–water partition coefficient (Wildman–Crippen LogP) is 4.33. The largest absolute Gasteiger partial charge is 0.337 e. The number of carbonyl (C=O) groups excluding carboxylic acids is 1. The maximum Gasteiger partial charge on any atom is 0.274 e. The van der Waals surface area contributed by atoms with E-state index in [9.17, 15) is 9.59 Å². The zero-order chi connectivity index (χ0) is 20.4. The van der Waals surface area contributed by atoms with Crippen LogP contribution in [0.15, 0.2) is 35.1 Å². The average Bonchev–Trinajstić information content (AvgIpc) is 3.16. The van der Waals surface area contributed by atoms with E-state index < -0.39 is 0 Å². The smallest absolute Gasteiger partial charge is 0.274 e. The second kappa shape index (κ2) is 8.63. The average molecular weight is 431 g/mol. The van der Waals surface area contributed by atoms with Crippen molar-refractivity contribution >= 4 is 39.1 Å². The number of fused-ring (bicyclic) bond motifs is 1. The van der Waals surface area contributed by atoms with E-state index in [1.54, 1.807) is 11.3 Å². The van der Waals surface area contributed by atoms with Gasteiger partial charge in [0.1, 0.15) is 5.69 Å². The van der Waals surface area contributed by atoms with Crippen molar-refractivity contribution in [1.29, 1.82) is 0 Å². The Labute approximate surface area is 178 Å². The van der Waals surface area contributed by atoms with Gasteiger partial charge in [0.2, 0.25) is 0 Å². The molecule has 0 N–H and O–H groups in total. The topological polar surface area (TPSA) is 68.1 Å². The van der Waals surface area contributed by atoms with E-state index >= 15 is 0 Å². The van der Waals surface area contributed by atoms with Gasteiger partial charge in [0, 0.05) is 36.6 Å². The van der Waals surface area contributed by atoms with E-state index in [0.717, 1.165) is 40.9 Å². The maximum atomic E-state index is 12.9. The number of thiazole rings is 1. The van der Waals surface area contributed by atoms with Crippen molar-refractivity contribution in [2.75, 3.05) is 13.1 Å². The number of aromatic nitrogens is 3. The van der Waals surface area contributed by atoms with Gasteiger partial charge in [0.25, 0.3) is 11.5 Å². The summed E-state index contributed by atoms with van der Waals surface area (Å²) in [5.74, 6) is 0.242. The lowest BCUT2D eigenvalue weighted by Crippen LogP contribution is -2.39. The van der Waals surface area contributed by atoms with Crippen LogP contribution in [0.5, 0.6) is 0 Å². The van der Waals surface area contributed by atoms with Crippen LogP contribution in [0, 0.1) is 0 Å². The summed E-state index contributed by atoms with van der Waals surface area (Å²) in [7, 11) is 0. The molecule has 1 fully saturated rings. The summed E-state index contributed by atoms with van der Waals surface area (Å²) >= 11 is 7.77. The molecule has 0 aliphatic carbocycles. The molecule has 3 heterocycles. The van der Waals surface area contributed by atoms with E-state index in [1.807, 2.05) is 23.1 Å². The molecule has 152 valence electrons. The highest BCUT2D eigenvalue weighted by atomic mass is 35.5. The first-order valence-electron chi connectivity index (χ1n) is 9.98. The Bertz CT molecular complexity index is 1090. The Morgan fingerprint density at radius 1 is 1.24 bits per heavy atom. The van der Waals surface area contributed by atoms with Gasteiger partial charge in [-0.25, -0.2) is 9.67 Å². The molecule has 1 aliphatic rings. The molecule has 2 aromatic heterocycles. The van der Waals surface area contributed by atoms with Crippen LogP contribution in [0.4, 0.5) is 0 Å². The van der Waals surface area contributed by atoms with E-state index in [4.69, 9.17) is 16.6 Å². The summed E-state index contributed by atoms with van der Waals surface area (Å²) in [6.07, 6.45) is 3.57. The van der Waals surface area contributed by atoms with Crippen LogP contribution in [0.1, 0.15) is 54.0 Å².